The molecule has 0 radical (unpaired) electrons. The Morgan fingerprint density at radius 3 is 2.42 bits per heavy atom. The maximum atomic E-state index is 12.9. The first-order valence-electron chi connectivity index (χ1n) is 11.2. The van der Waals surface area contributed by atoms with Crippen LogP contribution in [0.1, 0.15) is 49.6 Å². The molecule has 1 fully saturated rings. The fraction of sp³-hybridized carbons (Fsp3) is 0.320. The summed E-state index contributed by atoms with van der Waals surface area (Å²) < 4.78 is 0. The molecule has 2 aromatic carbocycles. The van der Waals surface area contributed by atoms with E-state index in [0.29, 0.717) is 29.1 Å². The number of fused-ring (bicyclic) bond motifs is 3. The molecule has 2 aliphatic rings. The van der Waals surface area contributed by atoms with Crippen molar-refractivity contribution >= 4 is 34.3 Å². The van der Waals surface area contributed by atoms with E-state index < -0.39 is 0 Å². The average molecular weight is 446 g/mol. The van der Waals surface area contributed by atoms with E-state index in [-0.39, 0.29) is 23.6 Å². The van der Waals surface area contributed by atoms with Crippen molar-refractivity contribution in [2.24, 2.45) is 0 Å². The number of carbonyl (C=O) groups excluding carboxylic acids is 3. The van der Waals surface area contributed by atoms with Crippen LogP contribution in [0.15, 0.2) is 42.5 Å². The number of likely N-dealkylation sites (N-methyl/N-ethyl adjacent to an activating group) is 1. The number of anilines is 1. The molecule has 1 saturated heterocycles. The van der Waals surface area contributed by atoms with E-state index in [2.05, 4.69) is 34.5 Å². The normalized spacial score (nSPS) is 18.7. The van der Waals surface area contributed by atoms with Gasteiger partial charge in [0.2, 0.25) is 0 Å². The Morgan fingerprint density at radius 2 is 1.70 bits per heavy atom. The number of piperazine rings is 1. The highest BCUT2D eigenvalue weighted by Crippen LogP contribution is 2.32. The van der Waals surface area contributed by atoms with Crippen molar-refractivity contribution in [1.29, 1.82) is 0 Å². The Balaban J connectivity index is 1.32. The number of amides is 3. The van der Waals surface area contributed by atoms with E-state index in [9.17, 15) is 14.4 Å². The van der Waals surface area contributed by atoms with Crippen molar-refractivity contribution in [3.8, 4) is 0 Å². The molecule has 0 bridgehead atoms. The van der Waals surface area contributed by atoms with Crippen LogP contribution in [0.25, 0.3) is 10.9 Å². The molecule has 1 aromatic heterocycles. The topological polar surface area (TPSA) is 97.5 Å². The summed E-state index contributed by atoms with van der Waals surface area (Å²) in [5.41, 5.74) is 4.12. The molecule has 3 aromatic rings. The van der Waals surface area contributed by atoms with Crippen LogP contribution in [0.2, 0.25) is 0 Å². The lowest BCUT2D eigenvalue weighted by atomic mass is 9.93. The van der Waals surface area contributed by atoms with E-state index in [1.54, 1.807) is 30.3 Å². The summed E-state index contributed by atoms with van der Waals surface area (Å²) in [5.74, 6) is -0.175. The summed E-state index contributed by atoms with van der Waals surface area (Å²) >= 11 is 0. The molecule has 8 heteroatoms. The Hall–Kier alpha value is -3.65. The molecule has 0 aliphatic carbocycles. The maximum Gasteiger partial charge on any atom is 0.268 e. The van der Waals surface area contributed by atoms with Gasteiger partial charge in [-0.3, -0.25) is 14.4 Å². The maximum absolute atomic E-state index is 12.9. The van der Waals surface area contributed by atoms with Gasteiger partial charge in [-0.15, -0.1) is 0 Å². The highest BCUT2D eigenvalue weighted by Gasteiger charge is 2.27. The Bertz CT molecular complexity index is 1240. The van der Waals surface area contributed by atoms with Crippen LogP contribution < -0.4 is 10.6 Å². The molecule has 3 amide bonds. The number of rotatable bonds is 3. The summed E-state index contributed by atoms with van der Waals surface area (Å²) in [6.45, 7) is 5.83. The van der Waals surface area contributed by atoms with Crippen molar-refractivity contribution in [2.75, 3.05) is 45.1 Å². The molecule has 33 heavy (non-hydrogen) atoms. The highest BCUT2D eigenvalue weighted by atomic mass is 16.2. The number of H-pyrrole nitrogens is 1. The molecule has 1 unspecified atom stereocenters. The minimum atomic E-state index is -0.238. The van der Waals surface area contributed by atoms with Crippen molar-refractivity contribution in [1.82, 2.24) is 20.1 Å². The lowest BCUT2D eigenvalue weighted by Crippen LogP contribution is -2.47. The van der Waals surface area contributed by atoms with E-state index in [0.717, 1.165) is 42.6 Å². The molecule has 170 valence electrons. The largest absolute Gasteiger partial charge is 0.350 e. The number of aromatic nitrogens is 1. The smallest absolute Gasteiger partial charge is 0.268 e. The zero-order chi connectivity index (χ0) is 23.1. The first kappa shape index (κ1) is 21.2. The molecule has 0 spiro atoms. The second-order valence-corrected chi connectivity index (χ2v) is 8.91. The van der Waals surface area contributed by atoms with E-state index in [4.69, 9.17) is 0 Å². The van der Waals surface area contributed by atoms with Crippen molar-refractivity contribution < 1.29 is 14.4 Å². The molecule has 5 rings (SSSR count). The van der Waals surface area contributed by atoms with Crippen molar-refractivity contribution in [2.45, 2.75) is 12.8 Å². The number of hydrogen-bond acceptors (Lipinski definition) is 4. The third kappa shape index (κ3) is 3.98. The summed E-state index contributed by atoms with van der Waals surface area (Å²) in [6, 6.07) is 12.4. The molecule has 3 N–H and O–H groups in total. The monoisotopic (exact) mass is 445 g/mol. The third-order valence-corrected chi connectivity index (χ3v) is 6.57. The molecule has 8 nitrogen and oxygen atoms in total. The number of hydrogen-bond donors (Lipinski definition) is 3. The number of aromatic amines is 1. The summed E-state index contributed by atoms with van der Waals surface area (Å²) in [4.78, 5) is 45.1. The lowest BCUT2D eigenvalue weighted by molar-refractivity contribution is 0.0664. The minimum Gasteiger partial charge on any atom is -0.350 e. The molecule has 3 heterocycles. The number of nitrogens with one attached hydrogen (secondary N) is 3. The van der Waals surface area contributed by atoms with Crippen LogP contribution >= 0.6 is 0 Å². The Kier molecular flexibility index (Phi) is 5.38. The average Bonchev–Trinajstić information content (AvgIpc) is 3.22. The lowest BCUT2D eigenvalue weighted by Gasteiger charge is -2.32. The van der Waals surface area contributed by atoms with Crippen molar-refractivity contribution in [3.63, 3.8) is 0 Å². The fourth-order valence-electron chi connectivity index (χ4n) is 4.57. The van der Waals surface area contributed by atoms with Gasteiger partial charge in [0.15, 0.2) is 0 Å². The van der Waals surface area contributed by atoms with Gasteiger partial charge in [-0.1, -0.05) is 6.92 Å². The highest BCUT2D eigenvalue weighted by molar-refractivity contribution is 6.08. The molecule has 2 aliphatic heterocycles. The second kappa shape index (κ2) is 8.37. The van der Waals surface area contributed by atoms with Gasteiger partial charge in [0.1, 0.15) is 5.69 Å². The van der Waals surface area contributed by atoms with Gasteiger partial charge in [0.25, 0.3) is 17.7 Å². The molecule has 1 atom stereocenters. The van der Waals surface area contributed by atoms with E-state index >= 15 is 0 Å². The van der Waals surface area contributed by atoms with Crippen LogP contribution in [-0.4, -0.2) is 72.3 Å². The summed E-state index contributed by atoms with van der Waals surface area (Å²) in [5, 5.41) is 6.68. The van der Waals surface area contributed by atoms with E-state index in [1.165, 1.54) is 0 Å². The first-order chi connectivity index (χ1) is 15.9. The van der Waals surface area contributed by atoms with Gasteiger partial charge >= 0.3 is 0 Å². The van der Waals surface area contributed by atoms with Crippen LogP contribution in [0.3, 0.4) is 0 Å². The number of nitrogens with zero attached hydrogens (tertiary/aromatic N) is 2. The zero-order valence-corrected chi connectivity index (χ0v) is 18.8. The Labute approximate surface area is 191 Å². The fourth-order valence-corrected chi connectivity index (χ4v) is 4.57. The van der Waals surface area contributed by atoms with Gasteiger partial charge in [-0.2, -0.15) is 0 Å². The summed E-state index contributed by atoms with van der Waals surface area (Å²) in [7, 11) is 2.05. The first-order valence-corrected chi connectivity index (χ1v) is 11.2. The third-order valence-electron chi connectivity index (χ3n) is 6.57. The zero-order valence-electron chi connectivity index (χ0n) is 18.8. The minimum absolute atomic E-state index is 0.0156. The van der Waals surface area contributed by atoms with Gasteiger partial charge in [0.05, 0.1) is 0 Å². The molecular formula is C25H27N5O3. The molecule has 0 saturated carbocycles. The van der Waals surface area contributed by atoms with Crippen LogP contribution in [0, 0.1) is 0 Å². The second-order valence-electron chi connectivity index (χ2n) is 8.91. The standard InChI is InChI=1S/C25H27N5O3/c1-15-14-26-24(32)22-21(15)19-13-17(5-8-20(19)28-22)23(31)27-18-6-3-16(4-7-18)25(33)30-11-9-29(2)10-12-30/h3-8,13,15,28H,9-12,14H2,1-2H3,(H,26,32)(H,27,31). The SMILES string of the molecule is CC1CNC(=O)c2[nH]c3ccc(C(=O)Nc4ccc(C(=O)N5CCN(C)CC5)cc4)cc3c21. The van der Waals surface area contributed by atoms with Crippen LogP contribution in [0.4, 0.5) is 5.69 Å². The van der Waals surface area contributed by atoms with Gasteiger partial charge in [-0.25, -0.2) is 0 Å². The predicted molar refractivity (Wildman–Crippen MR) is 127 cm³/mol. The number of benzene rings is 2. The Morgan fingerprint density at radius 1 is 1.00 bits per heavy atom. The number of carbonyl (C=O) groups is 3. The van der Waals surface area contributed by atoms with Gasteiger partial charge < -0.3 is 25.4 Å². The quantitative estimate of drug-likeness (QED) is 0.577. The van der Waals surface area contributed by atoms with E-state index in [1.807, 2.05) is 17.0 Å². The van der Waals surface area contributed by atoms with Crippen molar-refractivity contribution in [3.05, 3.63) is 64.8 Å². The van der Waals surface area contributed by atoms with Crippen LogP contribution in [-0.2, 0) is 0 Å². The predicted octanol–water partition coefficient (Wildman–Crippen LogP) is 2.65. The summed E-state index contributed by atoms with van der Waals surface area (Å²) in [6.07, 6.45) is 0. The van der Waals surface area contributed by atoms with Crippen LogP contribution in [0.5, 0.6) is 0 Å². The van der Waals surface area contributed by atoms with Gasteiger partial charge in [0, 0.05) is 66.4 Å². The van der Waals surface area contributed by atoms with Gasteiger partial charge in [-0.05, 0) is 55.1 Å². The molecular weight excluding hydrogens is 418 g/mol.